The number of hydrogen-bond acceptors (Lipinski definition) is 3. The zero-order valence-corrected chi connectivity index (χ0v) is 14.4. The van der Waals surface area contributed by atoms with Gasteiger partial charge >= 0.3 is 0 Å². The maximum absolute atomic E-state index is 4.61. The van der Waals surface area contributed by atoms with Crippen molar-refractivity contribution in [3.63, 3.8) is 0 Å². The van der Waals surface area contributed by atoms with E-state index in [1.165, 1.54) is 16.8 Å². The molecule has 0 saturated heterocycles. The lowest BCUT2D eigenvalue weighted by molar-refractivity contribution is 0.673. The number of aryl methyl sites for hydroxylation is 1. The van der Waals surface area contributed by atoms with Gasteiger partial charge in [-0.1, -0.05) is 25.1 Å². The molecule has 0 saturated carbocycles. The second-order valence-corrected chi connectivity index (χ2v) is 6.07. The van der Waals surface area contributed by atoms with Crippen molar-refractivity contribution >= 4 is 27.4 Å². The molecule has 0 radical (unpaired) electrons. The van der Waals surface area contributed by atoms with Crippen molar-refractivity contribution in [2.45, 2.75) is 26.8 Å². The minimum atomic E-state index is 0.825. The Morgan fingerprint density at radius 2 is 2.05 bits per heavy atom. The van der Waals surface area contributed by atoms with E-state index in [9.17, 15) is 0 Å². The third-order valence-corrected chi connectivity index (χ3v) is 3.88. The number of aromatic nitrogens is 1. The minimum absolute atomic E-state index is 0.825. The average Bonchev–Trinajstić information content (AvgIpc) is 2.47. The molecule has 0 atom stereocenters. The summed E-state index contributed by atoms with van der Waals surface area (Å²) in [5, 5.41) is 3.45. The van der Waals surface area contributed by atoms with E-state index in [-0.39, 0.29) is 0 Å². The molecule has 0 bridgehead atoms. The van der Waals surface area contributed by atoms with Crippen LogP contribution in [0.15, 0.2) is 41.0 Å². The number of hydrogen-bond donors (Lipinski definition) is 1. The third kappa shape index (κ3) is 4.05. The molecule has 2 rings (SSSR count). The molecule has 1 heterocycles. The van der Waals surface area contributed by atoms with Crippen LogP contribution in [-0.4, -0.2) is 18.6 Å². The first-order valence-corrected chi connectivity index (χ1v) is 8.07. The summed E-state index contributed by atoms with van der Waals surface area (Å²) < 4.78 is 1.01. The summed E-state index contributed by atoms with van der Waals surface area (Å²) in [7, 11) is 2.07. The quantitative estimate of drug-likeness (QED) is 0.784. The van der Waals surface area contributed by atoms with Crippen LogP contribution in [0.5, 0.6) is 0 Å². The molecule has 3 nitrogen and oxygen atoms in total. The van der Waals surface area contributed by atoms with E-state index >= 15 is 0 Å². The van der Waals surface area contributed by atoms with Crippen molar-refractivity contribution in [1.29, 1.82) is 0 Å². The third-order valence-electron chi connectivity index (χ3n) is 3.45. The fourth-order valence-electron chi connectivity index (χ4n) is 2.36. The van der Waals surface area contributed by atoms with Crippen LogP contribution >= 0.6 is 15.9 Å². The van der Waals surface area contributed by atoms with Gasteiger partial charge in [0.1, 0.15) is 5.82 Å². The molecule has 21 heavy (non-hydrogen) atoms. The Labute approximate surface area is 135 Å². The fourth-order valence-corrected chi connectivity index (χ4v) is 2.74. The number of para-hydroxylation sites is 1. The summed E-state index contributed by atoms with van der Waals surface area (Å²) in [4.78, 5) is 6.77. The maximum Gasteiger partial charge on any atom is 0.137 e. The molecule has 112 valence electrons. The van der Waals surface area contributed by atoms with Crippen molar-refractivity contribution in [3.05, 3.63) is 52.1 Å². The van der Waals surface area contributed by atoms with Crippen LogP contribution in [0, 0.1) is 6.92 Å². The molecule has 0 fully saturated rings. The zero-order valence-electron chi connectivity index (χ0n) is 12.9. The number of rotatable bonds is 6. The van der Waals surface area contributed by atoms with Crippen LogP contribution in [0.25, 0.3) is 0 Å². The second-order valence-electron chi connectivity index (χ2n) is 5.16. The molecule has 0 aliphatic heterocycles. The first-order chi connectivity index (χ1) is 10.1. The fraction of sp³-hybridized carbons (Fsp3) is 0.353. The van der Waals surface area contributed by atoms with E-state index in [1.54, 1.807) is 0 Å². The van der Waals surface area contributed by atoms with Crippen molar-refractivity contribution in [2.75, 3.05) is 18.5 Å². The standard InChI is InChI=1S/C17H22BrN3/c1-4-9-19-11-14-10-15(18)12-20-17(14)21(3)16-8-6-5-7-13(16)2/h5-8,10,12,19H,4,9,11H2,1-3H3. The number of halogens is 1. The Balaban J connectivity index is 2.31. The van der Waals surface area contributed by atoms with Gasteiger partial charge < -0.3 is 10.2 Å². The lowest BCUT2D eigenvalue weighted by Crippen LogP contribution is -2.19. The summed E-state index contributed by atoms with van der Waals surface area (Å²) in [6.45, 7) is 6.14. The van der Waals surface area contributed by atoms with Crippen molar-refractivity contribution in [1.82, 2.24) is 10.3 Å². The van der Waals surface area contributed by atoms with Gasteiger partial charge in [0.2, 0.25) is 0 Å². The second kappa shape index (κ2) is 7.57. The summed E-state index contributed by atoms with van der Waals surface area (Å²) in [6, 6.07) is 10.5. The summed E-state index contributed by atoms with van der Waals surface area (Å²) >= 11 is 3.52. The highest BCUT2D eigenvalue weighted by atomic mass is 79.9. The maximum atomic E-state index is 4.61. The Bertz CT molecular complexity index is 598. The van der Waals surface area contributed by atoms with Gasteiger partial charge in [-0.3, -0.25) is 0 Å². The molecular weight excluding hydrogens is 326 g/mol. The van der Waals surface area contributed by atoms with E-state index in [4.69, 9.17) is 0 Å². The largest absolute Gasteiger partial charge is 0.329 e. The van der Waals surface area contributed by atoms with Gasteiger partial charge in [0.25, 0.3) is 0 Å². The van der Waals surface area contributed by atoms with Gasteiger partial charge in [-0.2, -0.15) is 0 Å². The molecule has 4 heteroatoms. The van der Waals surface area contributed by atoms with Crippen LogP contribution < -0.4 is 10.2 Å². The zero-order chi connectivity index (χ0) is 15.2. The summed E-state index contributed by atoms with van der Waals surface area (Å²) in [5.41, 5.74) is 3.63. The highest BCUT2D eigenvalue weighted by molar-refractivity contribution is 9.10. The summed E-state index contributed by atoms with van der Waals surface area (Å²) in [6.07, 6.45) is 2.98. The Morgan fingerprint density at radius 1 is 1.29 bits per heavy atom. The molecule has 0 spiro atoms. The number of nitrogens with one attached hydrogen (secondary N) is 1. The van der Waals surface area contributed by atoms with Crippen molar-refractivity contribution in [2.24, 2.45) is 0 Å². The van der Waals surface area contributed by atoms with E-state index in [1.807, 2.05) is 6.20 Å². The predicted molar refractivity (Wildman–Crippen MR) is 93.2 cm³/mol. The van der Waals surface area contributed by atoms with Crippen LogP contribution in [0.2, 0.25) is 0 Å². The van der Waals surface area contributed by atoms with E-state index in [0.29, 0.717) is 0 Å². The average molecular weight is 348 g/mol. The van der Waals surface area contributed by atoms with Crippen LogP contribution in [-0.2, 0) is 6.54 Å². The smallest absolute Gasteiger partial charge is 0.137 e. The van der Waals surface area contributed by atoms with Crippen LogP contribution in [0.1, 0.15) is 24.5 Å². The minimum Gasteiger partial charge on any atom is -0.329 e. The molecule has 0 amide bonds. The van der Waals surface area contributed by atoms with E-state index in [0.717, 1.165) is 29.8 Å². The van der Waals surface area contributed by atoms with Gasteiger partial charge in [0, 0.05) is 35.5 Å². The topological polar surface area (TPSA) is 28.2 Å². The molecule has 0 unspecified atom stereocenters. The number of anilines is 2. The molecule has 2 aromatic rings. The highest BCUT2D eigenvalue weighted by Crippen LogP contribution is 2.29. The first-order valence-electron chi connectivity index (χ1n) is 7.28. The predicted octanol–water partition coefficient (Wildman–Crippen LogP) is 4.42. The van der Waals surface area contributed by atoms with Crippen LogP contribution in [0.3, 0.4) is 0 Å². The molecule has 0 aliphatic rings. The first kappa shape index (κ1) is 16.0. The SMILES string of the molecule is CCCNCc1cc(Br)cnc1N(C)c1ccccc1C. The van der Waals surface area contributed by atoms with Crippen LogP contribution in [0.4, 0.5) is 11.5 Å². The van der Waals surface area contributed by atoms with Gasteiger partial charge in [-0.15, -0.1) is 0 Å². The van der Waals surface area contributed by atoms with Gasteiger partial charge in [0.15, 0.2) is 0 Å². The molecular formula is C17H22BrN3. The van der Waals surface area contributed by atoms with E-state index < -0.39 is 0 Å². The number of benzene rings is 1. The Kier molecular flexibility index (Phi) is 5.76. The molecule has 0 aliphatic carbocycles. The number of nitrogens with zero attached hydrogens (tertiary/aromatic N) is 2. The number of pyridine rings is 1. The van der Waals surface area contributed by atoms with Gasteiger partial charge in [0.05, 0.1) is 0 Å². The Morgan fingerprint density at radius 3 is 2.76 bits per heavy atom. The Hall–Kier alpha value is -1.39. The molecule has 1 aromatic heterocycles. The normalized spacial score (nSPS) is 10.7. The summed E-state index contributed by atoms with van der Waals surface area (Å²) in [5.74, 6) is 0.996. The van der Waals surface area contributed by atoms with Crippen molar-refractivity contribution < 1.29 is 0 Å². The van der Waals surface area contributed by atoms with Crippen molar-refractivity contribution in [3.8, 4) is 0 Å². The lowest BCUT2D eigenvalue weighted by atomic mass is 10.1. The lowest BCUT2D eigenvalue weighted by Gasteiger charge is -2.23. The van der Waals surface area contributed by atoms with Gasteiger partial charge in [-0.05, 0) is 53.5 Å². The monoisotopic (exact) mass is 347 g/mol. The highest BCUT2D eigenvalue weighted by Gasteiger charge is 2.12. The van der Waals surface area contributed by atoms with E-state index in [2.05, 4.69) is 82.4 Å². The molecule has 1 N–H and O–H groups in total. The molecule has 1 aromatic carbocycles. The van der Waals surface area contributed by atoms with Gasteiger partial charge in [-0.25, -0.2) is 4.98 Å².